The van der Waals surface area contributed by atoms with Crippen molar-refractivity contribution in [1.29, 1.82) is 0 Å². The van der Waals surface area contributed by atoms with Crippen LogP contribution in [0.15, 0.2) is 60.1 Å². The van der Waals surface area contributed by atoms with Gasteiger partial charge in [-0.25, -0.2) is 15.0 Å². The van der Waals surface area contributed by atoms with E-state index in [4.69, 9.17) is 4.74 Å². The normalized spacial score (nSPS) is 12.3. The number of nitrogens with one attached hydrogen (secondary N) is 3. The molecule has 0 bridgehead atoms. The molecule has 1 atom stereocenters. The zero-order chi connectivity index (χ0) is 21.2. The maximum absolute atomic E-state index is 5.11. The van der Waals surface area contributed by atoms with Crippen LogP contribution in [0.4, 0.5) is 17.7 Å². The van der Waals surface area contributed by atoms with Crippen LogP contribution in [0.1, 0.15) is 25.0 Å². The van der Waals surface area contributed by atoms with Gasteiger partial charge in [-0.15, -0.1) is 0 Å². The number of hydrazone groups is 1. The monoisotopic (exact) mass is 406 g/mol. The summed E-state index contributed by atoms with van der Waals surface area (Å²) < 4.78 is 5.11. The van der Waals surface area contributed by atoms with Crippen molar-refractivity contribution in [3.8, 4) is 0 Å². The maximum Gasteiger partial charge on any atom is 0.224 e. The fourth-order valence-corrected chi connectivity index (χ4v) is 2.64. The van der Waals surface area contributed by atoms with E-state index in [1.165, 1.54) is 0 Å². The lowest BCUT2D eigenvalue weighted by Crippen LogP contribution is -2.22. The number of rotatable bonds is 10. The van der Waals surface area contributed by atoms with Crippen LogP contribution in [0, 0.1) is 0 Å². The second-order valence-corrected chi connectivity index (χ2v) is 6.70. The molecule has 9 nitrogen and oxygen atoms in total. The second-order valence-electron chi connectivity index (χ2n) is 6.70. The lowest BCUT2D eigenvalue weighted by molar-refractivity contribution is 0.190. The first kappa shape index (κ1) is 21.1. The van der Waals surface area contributed by atoms with Gasteiger partial charge in [0.25, 0.3) is 0 Å². The Labute approximate surface area is 176 Å². The predicted octanol–water partition coefficient (Wildman–Crippen LogP) is 3.16. The minimum Gasteiger partial charge on any atom is -0.383 e. The molecule has 0 saturated carbocycles. The first-order valence-electron chi connectivity index (χ1n) is 9.63. The van der Waals surface area contributed by atoms with E-state index < -0.39 is 0 Å². The van der Waals surface area contributed by atoms with Gasteiger partial charge in [0, 0.05) is 44.4 Å². The SMILES string of the molecule is COCC(C)Nc1nccc(N/N=C(\C)c2ccc(CNc3ncccn3)cc2)n1. The van der Waals surface area contributed by atoms with E-state index >= 15 is 0 Å². The molecule has 0 saturated heterocycles. The van der Waals surface area contributed by atoms with Crippen molar-refractivity contribution < 1.29 is 4.74 Å². The van der Waals surface area contributed by atoms with E-state index in [-0.39, 0.29) is 6.04 Å². The molecule has 0 spiro atoms. The number of benzene rings is 1. The number of nitrogens with zero attached hydrogens (tertiary/aromatic N) is 5. The summed E-state index contributed by atoms with van der Waals surface area (Å²) in [5.74, 6) is 1.75. The van der Waals surface area contributed by atoms with Crippen molar-refractivity contribution in [3.63, 3.8) is 0 Å². The average molecular weight is 406 g/mol. The lowest BCUT2D eigenvalue weighted by Gasteiger charge is -2.12. The van der Waals surface area contributed by atoms with Gasteiger partial charge in [0.05, 0.1) is 12.3 Å². The van der Waals surface area contributed by atoms with Crippen LogP contribution in [0.25, 0.3) is 0 Å². The molecule has 0 aliphatic rings. The highest BCUT2D eigenvalue weighted by Crippen LogP contribution is 2.10. The van der Waals surface area contributed by atoms with Crippen LogP contribution in [0.2, 0.25) is 0 Å². The number of ether oxygens (including phenoxy) is 1. The van der Waals surface area contributed by atoms with Gasteiger partial charge < -0.3 is 15.4 Å². The molecule has 156 valence electrons. The van der Waals surface area contributed by atoms with Crippen molar-refractivity contribution in [1.82, 2.24) is 19.9 Å². The number of hydrogen-bond donors (Lipinski definition) is 3. The van der Waals surface area contributed by atoms with Gasteiger partial charge >= 0.3 is 0 Å². The molecule has 0 radical (unpaired) electrons. The standard InChI is InChI=1S/C21H26N8O/c1-15(14-30-3)26-21-24-12-9-19(27-21)29-28-16(2)18-7-5-17(6-8-18)13-25-20-22-10-4-11-23-20/h4-12,15H,13-14H2,1-3H3,(H,22,23,25)(H2,24,26,27,29)/b28-16+. The van der Waals surface area contributed by atoms with Crippen molar-refractivity contribution in [2.24, 2.45) is 5.10 Å². The molecular weight excluding hydrogens is 380 g/mol. The Kier molecular flexibility index (Phi) is 7.62. The summed E-state index contributed by atoms with van der Waals surface area (Å²) >= 11 is 0. The van der Waals surface area contributed by atoms with Crippen LogP contribution < -0.4 is 16.1 Å². The number of aromatic nitrogens is 4. The van der Waals surface area contributed by atoms with Gasteiger partial charge in [-0.05, 0) is 31.0 Å². The lowest BCUT2D eigenvalue weighted by atomic mass is 10.1. The number of hydrogen-bond acceptors (Lipinski definition) is 9. The van der Waals surface area contributed by atoms with E-state index in [0.717, 1.165) is 16.8 Å². The summed E-state index contributed by atoms with van der Waals surface area (Å²) in [5, 5.41) is 10.8. The summed E-state index contributed by atoms with van der Waals surface area (Å²) in [6.07, 6.45) is 5.10. The topological polar surface area (TPSA) is 109 Å². The van der Waals surface area contributed by atoms with E-state index in [1.54, 1.807) is 37.8 Å². The Hall–Kier alpha value is -3.59. The molecule has 0 amide bonds. The molecule has 3 N–H and O–H groups in total. The van der Waals surface area contributed by atoms with Gasteiger partial charge in [0.1, 0.15) is 0 Å². The smallest absolute Gasteiger partial charge is 0.224 e. The van der Waals surface area contributed by atoms with E-state index in [9.17, 15) is 0 Å². The summed E-state index contributed by atoms with van der Waals surface area (Å²) in [6, 6.07) is 11.8. The highest BCUT2D eigenvalue weighted by molar-refractivity contribution is 5.99. The number of methoxy groups -OCH3 is 1. The van der Waals surface area contributed by atoms with Crippen LogP contribution in [0.5, 0.6) is 0 Å². The Balaban J connectivity index is 1.56. The number of anilines is 3. The van der Waals surface area contributed by atoms with Crippen LogP contribution in [0.3, 0.4) is 0 Å². The zero-order valence-electron chi connectivity index (χ0n) is 17.3. The van der Waals surface area contributed by atoms with Crippen molar-refractivity contribution >= 4 is 23.4 Å². The summed E-state index contributed by atoms with van der Waals surface area (Å²) in [5.41, 5.74) is 5.98. The summed E-state index contributed by atoms with van der Waals surface area (Å²) in [7, 11) is 1.66. The Bertz CT molecular complexity index is 947. The molecule has 1 aromatic carbocycles. The maximum atomic E-state index is 5.11. The van der Waals surface area contributed by atoms with Crippen molar-refractivity contribution in [3.05, 3.63) is 66.1 Å². The first-order valence-corrected chi connectivity index (χ1v) is 9.63. The third kappa shape index (κ3) is 6.49. The summed E-state index contributed by atoms with van der Waals surface area (Å²) in [6.45, 7) is 5.17. The fourth-order valence-electron chi connectivity index (χ4n) is 2.64. The molecule has 30 heavy (non-hydrogen) atoms. The first-order chi connectivity index (χ1) is 14.6. The van der Waals surface area contributed by atoms with Gasteiger partial charge in [-0.3, -0.25) is 5.43 Å². The van der Waals surface area contributed by atoms with E-state index in [2.05, 4.69) is 41.1 Å². The third-order valence-corrected chi connectivity index (χ3v) is 4.17. The van der Waals surface area contributed by atoms with Gasteiger partial charge in [-0.2, -0.15) is 10.1 Å². The molecule has 9 heteroatoms. The Morgan fingerprint density at radius 2 is 1.77 bits per heavy atom. The highest BCUT2D eigenvalue weighted by atomic mass is 16.5. The summed E-state index contributed by atoms with van der Waals surface area (Å²) in [4.78, 5) is 16.9. The molecule has 3 rings (SSSR count). The molecule has 1 unspecified atom stereocenters. The molecular formula is C21H26N8O. The minimum atomic E-state index is 0.108. The zero-order valence-corrected chi connectivity index (χ0v) is 17.3. The average Bonchev–Trinajstić information content (AvgIpc) is 2.77. The molecule has 2 aromatic heterocycles. The van der Waals surface area contributed by atoms with E-state index in [0.29, 0.717) is 30.9 Å². The van der Waals surface area contributed by atoms with Crippen LogP contribution in [-0.2, 0) is 11.3 Å². The van der Waals surface area contributed by atoms with Crippen LogP contribution >= 0.6 is 0 Å². The molecule has 0 fully saturated rings. The van der Waals surface area contributed by atoms with Gasteiger partial charge in [0.2, 0.25) is 11.9 Å². The quantitative estimate of drug-likeness (QED) is 0.348. The third-order valence-electron chi connectivity index (χ3n) is 4.17. The molecule has 0 aliphatic heterocycles. The van der Waals surface area contributed by atoms with Gasteiger partial charge in [0.15, 0.2) is 5.82 Å². The Morgan fingerprint density at radius 3 is 2.50 bits per heavy atom. The molecule has 3 aromatic rings. The Morgan fingerprint density at radius 1 is 1.03 bits per heavy atom. The molecule has 0 aliphatic carbocycles. The highest BCUT2D eigenvalue weighted by Gasteiger charge is 2.05. The molecule has 2 heterocycles. The second kappa shape index (κ2) is 10.8. The van der Waals surface area contributed by atoms with Crippen LogP contribution in [-0.4, -0.2) is 45.4 Å². The van der Waals surface area contributed by atoms with E-state index in [1.807, 2.05) is 38.1 Å². The van der Waals surface area contributed by atoms with Gasteiger partial charge in [-0.1, -0.05) is 24.3 Å². The van der Waals surface area contributed by atoms with Crippen molar-refractivity contribution in [2.45, 2.75) is 26.4 Å². The minimum absolute atomic E-state index is 0.108. The largest absolute Gasteiger partial charge is 0.383 e. The fraction of sp³-hybridized carbons (Fsp3) is 0.286. The predicted molar refractivity (Wildman–Crippen MR) is 119 cm³/mol. The van der Waals surface area contributed by atoms with Crippen molar-refractivity contribution in [2.75, 3.05) is 29.8 Å².